The van der Waals surface area contributed by atoms with E-state index in [1.165, 1.54) is 0 Å². The number of hydrogen-bond donors (Lipinski definition) is 1. The Labute approximate surface area is 146 Å². The smallest absolute Gasteiger partial charge is 0.224 e. The predicted molar refractivity (Wildman–Crippen MR) is 96.7 cm³/mol. The summed E-state index contributed by atoms with van der Waals surface area (Å²) >= 11 is 0. The van der Waals surface area contributed by atoms with Crippen molar-refractivity contribution in [2.45, 2.75) is 18.8 Å². The van der Waals surface area contributed by atoms with E-state index in [0.717, 1.165) is 22.4 Å². The molecule has 0 radical (unpaired) electrons. The van der Waals surface area contributed by atoms with Gasteiger partial charge in [-0.2, -0.15) is 10.2 Å². The standard InChI is InChI=1S/C21H19N3O/c1-21(20(22)25)18(15-6-3-2-4-7-15)19(21)16-11-9-14(10-12-16)17-8-5-13-23-24-17/h2-13,18-19H,1H3,(H2,22,25). The SMILES string of the molecule is CC1(C(N)=O)C(c2ccccc2)C1c1ccc(-c2cccnn2)cc1. The third-order valence-electron chi connectivity index (χ3n) is 5.34. The zero-order valence-corrected chi connectivity index (χ0v) is 14.0. The first-order chi connectivity index (χ1) is 12.1. The van der Waals surface area contributed by atoms with Gasteiger partial charge in [0.25, 0.3) is 0 Å². The molecule has 2 aromatic carbocycles. The maximum atomic E-state index is 12.1. The summed E-state index contributed by atoms with van der Waals surface area (Å²) in [4.78, 5) is 12.1. The highest BCUT2D eigenvalue weighted by Gasteiger charge is 2.66. The molecule has 0 bridgehead atoms. The monoisotopic (exact) mass is 329 g/mol. The third kappa shape index (κ3) is 2.50. The number of benzene rings is 2. The number of carbonyl (C=O) groups is 1. The van der Waals surface area contributed by atoms with Crippen LogP contribution in [0.2, 0.25) is 0 Å². The highest BCUT2D eigenvalue weighted by Crippen LogP contribution is 2.69. The van der Waals surface area contributed by atoms with Gasteiger partial charge in [0.05, 0.1) is 11.1 Å². The summed E-state index contributed by atoms with van der Waals surface area (Å²) in [6.45, 7) is 1.97. The van der Waals surface area contributed by atoms with Crippen molar-refractivity contribution in [1.82, 2.24) is 10.2 Å². The lowest BCUT2D eigenvalue weighted by atomic mass is 9.98. The van der Waals surface area contributed by atoms with Gasteiger partial charge in [0.1, 0.15) is 0 Å². The van der Waals surface area contributed by atoms with Crippen molar-refractivity contribution in [3.05, 3.63) is 84.1 Å². The molecule has 1 aliphatic rings. The van der Waals surface area contributed by atoms with Crippen LogP contribution < -0.4 is 5.73 Å². The molecule has 4 nitrogen and oxygen atoms in total. The molecule has 124 valence electrons. The molecule has 1 heterocycles. The third-order valence-corrected chi connectivity index (χ3v) is 5.34. The van der Waals surface area contributed by atoms with Crippen LogP contribution in [0.15, 0.2) is 72.9 Å². The summed E-state index contributed by atoms with van der Waals surface area (Å²) in [5.41, 5.74) is 9.34. The van der Waals surface area contributed by atoms with Gasteiger partial charge in [0.2, 0.25) is 5.91 Å². The zero-order chi connectivity index (χ0) is 17.4. The molecule has 1 fully saturated rings. The van der Waals surface area contributed by atoms with Crippen LogP contribution in [0.1, 0.15) is 29.9 Å². The van der Waals surface area contributed by atoms with Gasteiger partial charge in [-0.15, -0.1) is 0 Å². The van der Waals surface area contributed by atoms with Crippen LogP contribution in [0.25, 0.3) is 11.3 Å². The highest BCUT2D eigenvalue weighted by atomic mass is 16.1. The minimum absolute atomic E-state index is 0.100. The van der Waals surface area contributed by atoms with Gasteiger partial charge in [-0.3, -0.25) is 4.79 Å². The van der Waals surface area contributed by atoms with Gasteiger partial charge < -0.3 is 5.73 Å². The second-order valence-corrected chi connectivity index (χ2v) is 6.74. The molecule has 3 unspecified atom stereocenters. The molecule has 0 spiro atoms. The summed E-state index contributed by atoms with van der Waals surface area (Å²) in [6.07, 6.45) is 1.66. The summed E-state index contributed by atoms with van der Waals surface area (Å²) in [7, 11) is 0. The van der Waals surface area contributed by atoms with E-state index in [1.54, 1.807) is 6.20 Å². The van der Waals surface area contributed by atoms with E-state index in [-0.39, 0.29) is 17.7 Å². The Kier molecular flexibility index (Phi) is 3.61. The lowest BCUT2D eigenvalue weighted by Gasteiger charge is -2.07. The Balaban J connectivity index is 1.68. The molecule has 0 aliphatic heterocycles. The van der Waals surface area contributed by atoms with E-state index in [0.29, 0.717) is 0 Å². The lowest BCUT2D eigenvalue weighted by molar-refractivity contribution is -0.122. The van der Waals surface area contributed by atoms with Crippen molar-refractivity contribution in [1.29, 1.82) is 0 Å². The van der Waals surface area contributed by atoms with Crippen LogP contribution in [0.3, 0.4) is 0 Å². The molecule has 1 amide bonds. The Morgan fingerprint density at radius 3 is 2.12 bits per heavy atom. The number of amides is 1. The van der Waals surface area contributed by atoms with Gasteiger partial charge in [-0.25, -0.2) is 0 Å². The van der Waals surface area contributed by atoms with Crippen molar-refractivity contribution in [2.24, 2.45) is 11.1 Å². The van der Waals surface area contributed by atoms with Crippen LogP contribution >= 0.6 is 0 Å². The number of primary amides is 1. The van der Waals surface area contributed by atoms with Gasteiger partial charge in [0.15, 0.2) is 0 Å². The maximum absolute atomic E-state index is 12.1. The summed E-state index contributed by atoms with van der Waals surface area (Å²) in [5.74, 6) is -0.0266. The number of hydrogen-bond acceptors (Lipinski definition) is 3. The minimum Gasteiger partial charge on any atom is -0.369 e. The number of nitrogens with two attached hydrogens (primary N) is 1. The van der Waals surface area contributed by atoms with Crippen molar-refractivity contribution in [3.63, 3.8) is 0 Å². The molecule has 0 saturated heterocycles. The van der Waals surface area contributed by atoms with Crippen molar-refractivity contribution >= 4 is 5.91 Å². The Morgan fingerprint density at radius 2 is 1.56 bits per heavy atom. The molecule has 2 N–H and O–H groups in total. The first kappa shape index (κ1) is 15.5. The molecule has 1 saturated carbocycles. The van der Waals surface area contributed by atoms with Crippen LogP contribution in [0.5, 0.6) is 0 Å². The topological polar surface area (TPSA) is 68.9 Å². The zero-order valence-electron chi connectivity index (χ0n) is 14.0. The molecular weight excluding hydrogens is 310 g/mol. The predicted octanol–water partition coefficient (Wildman–Crippen LogP) is 3.52. The molecular formula is C21H19N3O. The van der Waals surface area contributed by atoms with Gasteiger partial charge >= 0.3 is 0 Å². The van der Waals surface area contributed by atoms with Crippen molar-refractivity contribution in [2.75, 3.05) is 0 Å². The molecule has 25 heavy (non-hydrogen) atoms. The van der Waals surface area contributed by atoms with E-state index in [9.17, 15) is 4.79 Å². The molecule has 4 heteroatoms. The molecule has 3 aromatic rings. The van der Waals surface area contributed by atoms with Gasteiger partial charge in [0, 0.05) is 23.6 Å². The average Bonchev–Trinajstić information content (AvgIpc) is 3.31. The van der Waals surface area contributed by atoms with Crippen LogP contribution in [0, 0.1) is 5.41 Å². The van der Waals surface area contributed by atoms with Crippen LogP contribution in [-0.4, -0.2) is 16.1 Å². The lowest BCUT2D eigenvalue weighted by Crippen LogP contribution is -2.24. The van der Waals surface area contributed by atoms with Gasteiger partial charge in [-0.05, 0) is 30.2 Å². The molecule has 1 aliphatic carbocycles. The highest BCUT2D eigenvalue weighted by molar-refractivity contribution is 5.88. The first-order valence-corrected chi connectivity index (χ1v) is 8.35. The van der Waals surface area contributed by atoms with E-state index in [1.807, 2.05) is 49.4 Å². The fraction of sp³-hybridized carbons (Fsp3) is 0.190. The normalized spacial score (nSPS) is 24.7. The summed E-state index contributed by atoms with van der Waals surface area (Å²) in [6, 6.07) is 22.1. The average molecular weight is 329 g/mol. The summed E-state index contributed by atoms with van der Waals surface area (Å²) < 4.78 is 0. The second kappa shape index (κ2) is 5.81. The molecule has 1 aromatic heterocycles. The Bertz CT molecular complexity index is 893. The van der Waals surface area contributed by atoms with Crippen molar-refractivity contribution in [3.8, 4) is 11.3 Å². The fourth-order valence-electron chi connectivity index (χ4n) is 3.87. The second-order valence-electron chi connectivity index (χ2n) is 6.74. The molecule has 4 rings (SSSR count). The largest absolute Gasteiger partial charge is 0.369 e. The Morgan fingerprint density at radius 1 is 0.920 bits per heavy atom. The van der Waals surface area contributed by atoms with E-state index in [2.05, 4.69) is 34.5 Å². The number of carbonyl (C=O) groups excluding carboxylic acids is 1. The summed E-state index contributed by atoms with van der Waals surface area (Å²) in [5, 5.41) is 8.05. The quantitative estimate of drug-likeness (QED) is 0.796. The number of rotatable bonds is 4. The van der Waals surface area contributed by atoms with E-state index < -0.39 is 5.41 Å². The minimum atomic E-state index is -0.546. The maximum Gasteiger partial charge on any atom is 0.224 e. The molecule has 3 atom stereocenters. The van der Waals surface area contributed by atoms with Gasteiger partial charge in [-0.1, -0.05) is 54.6 Å². The fourth-order valence-corrected chi connectivity index (χ4v) is 3.87. The van der Waals surface area contributed by atoms with E-state index in [4.69, 9.17) is 5.73 Å². The number of nitrogens with zero attached hydrogens (tertiary/aromatic N) is 2. The Hall–Kier alpha value is -3.01. The van der Waals surface area contributed by atoms with Crippen LogP contribution in [0.4, 0.5) is 0 Å². The number of aromatic nitrogens is 2. The first-order valence-electron chi connectivity index (χ1n) is 8.35. The van der Waals surface area contributed by atoms with Crippen molar-refractivity contribution < 1.29 is 4.79 Å². The van der Waals surface area contributed by atoms with Crippen LogP contribution in [-0.2, 0) is 4.79 Å². The van der Waals surface area contributed by atoms with E-state index >= 15 is 0 Å².